The van der Waals surface area contributed by atoms with Crippen LogP contribution in [0.1, 0.15) is 17.2 Å². The number of hydrogen-bond donors (Lipinski definition) is 7. The van der Waals surface area contributed by atoms with Crippen LogP contribution in [0.25, 0.3) is 33.4 Å². The van der Waals surface area contributed by atoms with Gasteiger partial charge in [0.2, 0.25) is 5.43 Å². The minimum Gasteiger partial charge on any atom is -0.508 e. The first kappa shape index (κ1) is 25.0. The smallest absolute Gasteiger partial charge is 0.205 e. The van der Waals surface area contributed by atoms with Gasteiger partial charge in [-0.3, -0.25) is 4.79 Å². The van der Waals surface area contributed by atoms with Crippen LogP contribution in [0.3, 0.4) is 0 Å². The molecular weight excluding hydrogens is 520 g/mol. The average Bonchev–Trinajstić information content (AvgIpc) is 2.90. The van der Waals surface area contributed by atoms with Crippen LogP contribution >= 0.6 is 0 Å². The van der Waals surface area contributed by atoms with Gasteiger partial charge in [0, 0.05) is 35.7 Å². The molecule has 10 nitrogen and oxygen atoms in total. The van der Waals surface area contributed by atoms with Crippen molar-refractivity contribution in [2.45, 2.75) is 18.6 Å². The van der Waals surface area contributed by atoms with Gasteiger partial charge in [-0.1, -0.05) is 12.1 Å². The van der Waals surface area contributed by atoms with Crippen LogP contribution in [0.5, 0.6) is 40.2 Å². The van der Waals surface area contributed by atoms with Gasteiger partial charge >= 0.3 is 0 Å². The third kappa shape index (κ3) is 3.98. The molecule has 0 saturated carbocycles. The van der Waals surface area contributed by atoms with Crippen molar-refractivity contribution in [3.63, 3.8) is 0 Å². The first-order valence-electron chi connectivity index (χ1n) is 12.2. The number of aromatic hydroxyl groups is 6. The van der Waals surface area contributed by atoms with Gasteiger partial charge in [-0.15, -0.1) is 0 Å². The Morgan fingerprint density at radius 3 is 2.05 bits per heavy atom. The zero-order valence-corrected chi connectivity index (χ0v) is 20.6. The summed E-state index contributed by atoms with van der Waals surface area (Å²) in [5.74, 6) is -2.07. The molecule has 5 aromatic rings. The summed E-state index contributed by atoms with van der Waals surface area (Å²) < 4.78 is 11.9. The minimum atomic E-state index is -1.13. The second-order valence-corrected chi connectivity index (χ2v) is 9.52. The lowest BCUT2D eigenvalue weighted by Crippen LogP contribution is -2.30. The Labute approximate surface area is 225 Å². The van der Waals surface area contributed by atoms with E-state index in [0.29, 0.717) is 5.56 Å². The summed E-state index contributed by atoms with van der Waals surface area (Å²) in [7, 11) is 0. The van der Waals surface area contributed by atoms with Gasteiger partial charge in [0.1, 0.15) is 63.1 Å². The minimum absolute atomic E-state index is 0.0364. The largest absolute Gasteiger partial charge is 0.508 e. The van der Waals surface area contributed by atoms with Crippen LogP contribution < -0.4 is 10.2 Å². The molecule has 6 rings (SSSR count). The first-order valence-corrected chi connectivity index (χ1v) is 12.2. The van der Waals surface area contributed by atoms with Crippen molar-refractivity contribution in [2.24, 2.45) is 0 Å². The molecule has 0 amide bonds. The quantitative estimate of drug-likeness (QED) is 0.173. The fraction of sp³-hybridized carbons (Fsp3) is 0.100. The molecule has 0 fully saturated rings. The second kappa shape index (κ2) is 9.14. The molecule has 2 heterocycles. The fourth-order valence-electron chi connectivity index (χ4n) is 5.03. The topological polar surface area (TPSA) is 181 Å². The highest BCUT2D eigenvalue weighted by atomic mass is 16.5. The van der Waals surface area contributed by atoms with Gasteiger partial charge in [0.15, 0.2) is 0 Å². The van der Waals surface area contributed by atoms with E-state index in [1.807, 2.05) is 0 Å². The van der Waals surface area contributed by atoms with E-state index in [1.165, 1.54) is 42.5 Å². The summed E-state index contributed by atoms with van der Waals surface area (Å²) in [6.45, 7) is 0. The number of phenolic OH excluding ortho intramolecular Hbond substituents is 6. The number of benzene rings is 4. The van der Waals surface area contributed by atoms with Gasteiger partial charge in [-0.25, -0.2) is 0 Å². The summed E-state index contributed by atoms with van der Waals surface area (Å²) in [5.41, 5.74) is -0.608. The lowest BCUT2D eigenvalue weighted by atomic mass is 9.89. The van der Waals surface area contributed by atoms with Crippen LogP contribution in [0.2, 0.25) is 0 Å². The van der Waals surface area contributed by atoms with Crippen molar-refractivity contribution >= 4 is 11.0 Å². The molecular formula is C30H22O10. The van der Waals surface area contributed by atoms with Crippen LogP contribution in [0.4, 0.5) is 0 Å². The monoisotopic (exact) mass is 542 g/mol. The summed E-state index contributed by atoms with van der Waals surface area (Å²) in [4.78, 5) is 13.8. The molecule has 0 aliphatic carbocycles. The fourth-order valence-corrected chi connectivity index (χ4v) is 5.03. The van der Waals surface area contributed by atoms with Crippen LogP contribution in [0.15, 0.2) is 75.9 Å². The van der Waals surface area contributed by atoms with E-state index in [9.17, 15) is 40.5 Å². The van der Waals surface area contributed by atoms with Gasteiger partial charge < -0.3 is 44.9 Å². The molecule has 0 saturated heterocycles. The van der Waals surface area contributed by atoms with Crippen LogP contribution in [-0.4, -0.2) is 41.8 Å². The van der Waals surface area contributed by atoms with E-state index in [0.717, 1.165) is 12.1 Å². The molecule has 202 valence electrons. The lowest BCUT2D eigenvalue weighted by Gasteiger charge is -2.32. The number of phenols is 6. The van der Waals surface area contributed by atoms with Crippen LogP contribution in [-0.2, 0) is 6.42 Å². The van der Waals surface area contributed by atoms with Gasteiger partial charge in [-0.05, 0) is 42.0 Å². The molecule has 1 aromatic heterocycles. The van der Waals surface area contributed by atoms with E-state index < -0.39 is 34.9 Å². The average molecular weight is 542 g/mol. The summed E-state index contributed by atoms with van der Waals surface area (Å²) in [5, 5.41) is 72.9. The molecule has 40 heavy (non-hydrogen) atoms. The van der Waals surface area contributed by atoms with Crippen LogP contribution in [0, 0.1) is 0 Å². The Kier molecular flexibility index (Phi) is 5.70. The second-order valence-electron chi connectivity index (χ2n) is 9.52. The van der Waals surface area contributed by atoms with E-state index >= 15 is 0 Å². The third-order valence-corrected chi connectivity index (χ3v) is 6.92. The maximum absolute atomic E-state index is 13.8. The highest BCUT2D eigenvalue weighted by molar-refractivity contribution is 5.96. The predicted octanol–water partition coefficient (Wildman–Crippen LogP) is 4.40. The number of rotatable bonds is 3. The van der Waals surface area contributed by atoms with Gasteiger partial charge in [0.05, 0.1) is 17.2 Å². The molecule has 0 radical (unpaired) electrons. The maximum atomic E-state index is 13.8. The Morgan fingerprint density at radius 1 is 0.725 bits per heavy atom. The molecule has 0 unspecified atom stereocenters. The summed E-state index contributed by atoms with van der Waals surface area (Å²) in [6, 6.07) is 15.0. The zero-order chi connectivity index (χ0) is 28.3. The van der Waals surface area contributed by atoms with Crippen molar-refractivity contribution in [3.8, 4) is 62.7 Å². The van der Waals surface area contributed by atoms with Crippen molar-refractivity contribution < 1.29 is 44.9 Å². The summed E-state index contributed by atoms with van der Waals surface area (Å²) >= 11 is 0. The molecule has 4 aromatic carbocycles. The predicted molar refractivity (Wildman–Crippen MR) is 143 cm³/mol. The Balaban J connectivity index is 1.59. The summed E-state index contributed by atoms with van der Waals surface area (Å²) in [6.07, 6.45) is -2.09. The Bertz CT molecular complexity index is 1840. The van der Waals surface area contributed by atoms with E-state index in [4.69, 9.17) is 9.15 Å². The Morgan fingerprint density at radius 2 is 1.38 bits per heavy atom. The highest BCUT2D eigenvalue weighted by Gasteiger charge is 2.35. The normalized spacial score (nSPS) is 16.4. The number of hydrogen-bond acceptors (Lipinski definition) is 10. The highest BCUT2D eigenvalue weighted by Crippen LogP contribution is 2.50. The third-order valence-electron chi connectivity index (χ3n) is 6.92. The lowest BCUT2D eigenvalue weighted by molar-refractivity contribution is 0.0198. The molecule has 7 N–H and O–H groups in total. The van der Waals surface area contributed by atoms with Crippen molar-refractivity contribution in [2.75, 3.05) is 0 Å². The zero-order valence-electron chi connectivity index (χ0n) is 20.6. The molecule has 10 heteroatoms. The van der Waals surface area contributed by atoms with E-state index in [1.54, 1.807) is 12.1 Å². The molecule has 0 bridgehead atoms. The SMILES string of the molecule is O=c1c(-c2c(O)cc3c(c2O)C[C@H](O)[C@H](c2ccc(O)cc2)O3)c(-c2ccc(O)cc2)oc2cc(O)cc(O)c12. The number of ether oxygens (including phenoxy) is 1. The van der Waals surface area contributed by atoms with Crippen molar-refractivity contribution in [1.29, 1.82) is 0 Å². The molecule has 1 aliphatic heterocycles. The van der Waals surface area contributed by atoms with E-state index in [-0.39, 0.29) is 68.4 Å². The van der Waals surface area contributed by atoms with Crippen molar-refractivity contribution in [3.05, 3.63) is 88.1 Å². The number of aliphatic hydroxyl groups is 1. The van der Waals surface area contributed by atoms with E-state index in [2.05, 4.69) is 0 Å². The molecule has 0 spiro atoms. The van der Waals surface area contributed by atoms with Gasteiger partial charge in [-0.2, -0.15) is 0 Å². The standard InChI is InChI=1S/C30H22O10/c31-15-5-1-13(2-6-15)29-21(36)11-18-22(39-29)12-20(35)25(27(18)37)26-28(38)24-19(34)9-17(33)10-23(24)40-30(26)14-3-7-16(32)8-4-14/h1-10,12,21,29,31-37H,11H2/t21-,29-/m0/s1. The van der Waals surface area contributed by atoms with Gasteiger partial charge in [0.25, 0.3) is 0 Å². The van der Waals surface area contributed by atoms with Crippen molar-refractivity contribution in [1.82, 2.24) is 0 Å². The number of aliphatic hydroxyl groups excluding tert-OH is 1. The maximum Gasteiger partial charge on any atom is 0.205 e. The first-order chi connectivity index (χ1) is 19.1. The molecule has 2 atom stereocenters. The number of fused-ring (bicyclic) bond motifs is 2. The molecule has 1 aliphatic rings. The Hall–Kier alpha value is -5.35.